The Morgan fingerprint density at radius 1 is 0.931 bits per heavy atom. The molecule has 3 aromatic rings. The monoisotopic (exact) mass is 392 g/mol. The molecule has 0 fully saturated rings. The summed E-state index contributed by atoms with van der Waals surface area (Å²) in [5.74, 6) is 0.558. The van der Waals surface area contributed by atoms with E-state index in [9.17, 15) is 15.0 Å². The van der Waals surface area contributed by atoms with Gasteiger partial charge in [0.1, 0.15) is 29.6 Å². The molecule has 0 aromatic heterocycles. The summed E-state index contributed by atoms with van der Waals surface area (Å²) in [5, 5.41) is 22.6. The highest BCUT2D eigenvalue weighted by Gasteiger charge is 2.03. The van der Waals surface area contributed by atoms with E-state index in [-0.39, 0.29) is 18.1 Å². The molecule has 0 atom stereocenters. The van der Waals surface area contributed by atoms with Crippen LogP contribution in [0, 0.1) is 0 Å². The van der Waals surface area contributed by atoms with E-state index in [0.29, 0.717) is 23.7 Å². The fraction of sp³-hybridized carbons (Fsp3) is 0.0909. The highest BCUT2D eigenvalue weighted by Crippen LogP contribution is 2.21. The second-order valence-corrected chi connectivity index (χ2v) is 6.07. The summed E-state index contributed by atoms with van der Waals surface area (Å²) in [7, 11) is 0. The largest absolute Gasteiger partial charge is 0.508 e. The van der Waals surface area contributed by atoms with Gasteiger partial charge in [-0.1, -0.05) is 30.3 Å². The minimum absolute atomic E-state index is 0.0615. The molecule has 3 rings (SSSR count). The average molecular weight is 392 g/mol. The Balaban J connectivity index is 1.42. The fourth-order valence-corrected chi connectivity index (χ4v) is 2.37. The Bertz CT molecular complexity index is 972. The molecule has 0 unspecified atom stereocenters. The minimum atomic E-state index is -0.455. The second-order valence-electron chi connectivity index (χ2n) is 6.07. The van der Waals surface area contributed by atoms with Crippen LogP contribution in [0.1, 0.15) is 11.1 Å². The van der Waals surface area contributed by atoms with Crippen LogP contribution in [0.15, 0.2) is 77.9 Å². The average Bonchev–Trinajstić information content (AvgIpc) is 2.74. The first-order chi connectivity index (χ1) is 14.1. The first kappa shape index (κ1) is 19.8. The second kappa shape index (κ2) is 9.80. The number of hydrazone groups is 1. The highest BCUT2D eigenvalue weighted by atomic mass is 16.5. The van der Waals surface area contributed by atoms with Crippen LogP contribution in [0.5, 0.6) is 23.0 Å². The Morgan fingerprint density at radius 2 is 1.62 bits per heavy atom. The number of hydrogen-bond donors (Lipinski definition) is 3. The van der Waals surface area contributed by atoms with Gasteiger partial charge in [-0.25, -0.2) is 5.43 Å². The predicted molar refractivity (Wildman–Crippen MR) is 108 cm³/mol. The summed E-state index contributed by atoms with van der Waals surface area (Å²) in [6.07, 6.45) is 1.27. The molecule has 0 spiro atoms. The van der Waals surface area contributed by atoms with E-state index < -0.39 is 5.91 Å². The van der Waals surface area contributed by atoms with E-state index in [1.807, 2.05) is 30.3 Å². The van der Waals surface area contributed by atoms with Gasteiger partial charge in [-0.2, -0.15) is 5.10 Å². The van der Waals surface area contributed by atoms with Gasteiger partial charge < -0.3 is 19.7 Å². The number of phenolic OH excluding ortho intramolecular Hbond substituents is 2. The van der Waals surface area contributed by atoms with Crippen molar-refractivity contribution in [3.8, 4) is 23.0 Å². The van der Waals surface area contributed by atoms with Gasteiger partial charge in [-0.05, 0) is 42.0 Å². The maximum atomic E-state index is 11.8. The highest BCUT2D eigenvalue weighted by molar-refractivity contribution is 5.85. The lowest BCUT2D eigenvalue weighted by molar-refractivity contribution is -0.123. The fourth-order valence-electron chi connectivity index (χ4n) is 2.37. The first-order valence-electron chi connectivity index (χ1n) is 8.83. The standard InChI is InChI=1S/C22H20N2O5/c25-18-7-6-17(21(26)12-18)13-23-24-22(27)15-29-20-10-8-19(9-11-20)28-14-16-4-2-1-3-5-16/h1-13,25-26H,14-15H2,(H,24,27). The molecule has 148 valence electrons. The number of nitrogens with zero attached hydrogens (tertiary/aromatic N) is 1. The number of phenols is 2. The van der Waals surface area contributed by atoms with Crippen LogP contribution in [0.25, 0.3) is 0 Å². The van der Waals surface area contributed by atoms with Crippen LogP contribution in [0.4, 0.5) is 0 Å². The van der Waals surface area contributed by atoms with Crippen LogP contribution in [0.2, 0.25) is 0 Å². The van der Waals surface area contributed by atoms with Crippen molar-refractivity contribution in [1.82, 2.24) is 5.43 Å². The van der Waals surface area contributed by atoms with Crippen molar-refractivity contribution in [3.05, 3.63) is 83.9 Å². The number of aromatic hydroxyl groups is 2. The van der Waals surface area contributed by atoms with Gasteiger partial charge in [0.05, 0.1) is 6.21 Å². The molecule has 0 radical (unpaired) electrons. The lowest BCUT2D eigenvalue weighted by Crippen LogP contribution is -2.24. The smallest absolute Gasteiger partial charge is 0.277 e. The number of benzene rings is 3. The summed E-state index contributed by atoms with van der Waals surface area (Å²) >= 11 is 0. The molecule has 1 amide bonds. The van der Waals surface area contributed by atoms with Crippen molar-refractivity contribution in [2.24, 2.45) is 5.10 Å². The van der Waals surface area contributed by atoms with Crippen LogP contribution in [-0.4, -0.2) is 28.9 Å². The lowest BCUT2D eigenvalue weighted by Gasteiger charge is -2.08. The molecule has 7 nitrogen and oxygen atoms in total. The molecule has 29 heavy (non-hydrogen) atoms. The third-order valence-corrected chi connectivity index (χ3v) is 3.85. The molecule has 0 saturated carbocycles. The number of carbonyl (C=O) groups is 1. The first-order valence-corrected chi connectivity index (χ1v) is 8.83. The minimum Gasteiger partial charge on any atom is -0.508 e. The molecule has 3 N–H and O–H groups in total. The van der Waals surface area contributed by atoms with Gasteiger partial charge in [0, 0.05) is 11.6 Å². The molecular weight excluding hydrogens is 372 g/mol. The third kappa shape index (κ3) is 6.28. The summed E-state index contributed by atoms with van der Waals surface area (Å²) in [6.45, 7) is 0.251. The van der Waals surface area contributed by atoms with Crippen LogP contribution in [0.3, 0.4) is 0 Å². The lowest BCUT2D eigenvalue weighted by atomic mass is 10.2. The van der Waals surface area contributed by atoms with Gasteiger partial charge in [0.25, 0.3) is 5.91 Å². The maximum Gasteiger partial charge on any atom is 0.277 e. The van der Waals surface area contributed by atoms with E-state index in [2.05, 4.69) is 10.5 Å². The summed E-state index contributed by atoms with van der Waals surface area (Å²) < 4.78 is 11.1. The van der Waals surface area contributed by atoms with Gasteiger partial charge in [0.15, 0.2) is 6.61 Å². The molecular formula is C22H20N2O5. The summed E-state index contributed by atoms with van der Waals surface area (Å²) in [6, 6.07) is 20.9. The zero-order chi connectivity index (χ0) is 20.5. The molecule has 7 heteroatoms. The number of amides is 1. The predicted octanol–water partition coefficient (Wildman–Crippen LogP) is 3.21. The van der Waals surface area contributed by atoms with Crippen molar-refractivity contribution >= 4 is 12.1 Å². The summed E-state index contributed by atoms with van der Waals surface area (Å²) in [5.41, 5.74) is 3.73. The number of hydrogen-bond acceptors (Lipinski definition) is 6. The number of rotatable bonds is 8. The molecule has 0 aliphatic heterocycles. The Hall–Kier alpha value is -4.00. The van der Waals surface area contributed by atoms with Crippen LogP contribution >= 0.6 is 0 Å². The number of carbonyl (C=O) groups excluding carboxylic acids is 1. The Morgan fingerprint density at radius 3 is 2.31 bits per heavy atom. The van der Waals surface area contributed by atoms with Gasteiger partial charge in [-0.15, -0.1) is 0 Å². The molecule has 0 saturated heterocycles. The Kier molecular flexibility index (Phi) is 6.67. The van der Waals surface area contributed by atoms with E-state index in [1.54, 1.807) is 24.3 Å². The van der Waals surface area contributed by atoms with Crippen molar-refractivity contribution < 1.29 is 24.5 Å². The molecule has 3 aromatic carbocycles. The summed E-state index contributed by atoms with van der Waals surface area (Å²) in [4.78, 5) is 11.8. The van der Waals surface area contributed by atoms with E-state index >= 15 is 0 Å². The topological polar surface area (TPSA) is 100 Å². The quantitative estimate of drug-likeness (QED) is 0.404. The van der Waals surface area contributed by atoms with Crippen molar-refractivity contribution in [3.63, 3.8) is 0 Å². The van der Waals surface area contributed by atoms with Crippen molar-refractivity contribution in [2.45, 2.75) is 6.61 Å². The molecule has 0 aliphatic carbocycles. The molecule has 0 heterocycles. The van der Waals surface area contributed by atoms with E-state index in [0.717, 1.165) is 5.56 Å². The Labute approximate surface area is 167 Å². The SMILES string of the molecule is O=C(COc1ccc(OCc2ccccc2)cc1)NN=Cc1ccc(O)cc1O. The van der Waals surface area contributed by atoms with Gasteiger partial charge in [-0.3, -0.25) is 4.79 Å². The van der Waals surface area contributed by atoms with Crippen LogP contribution in [-0.2, 0) is 11.4 Å². The third-order valence-electron chi connectivity index (χ3n) is 3.85. The zero-order valence-electron chi connectivity index (χ0n) is 15.5. The van der Waals surface area contributed by atoms with Crippen LogP contribution < -0.4 is 14.9 Å². The number of nitrogens with one attached hydrogen (secondary N) is 1. The number of ether oxygens (including phenoxy) is 2. The van der Waals surface area contributed by atoms with Crippen molar-refractivity contribution in [1.29, 1.82) is 0 Å². The molecule has 0 aliphatic rings. The van der Waals surface area contributed by atoms with Gasteiger partial charge >= 0.3 is 0 Å². The van der Waals surface area contributed by atoms with E-state index in [1.165, 1.54) is 24.4 Å². The van der Waals surface area contributed by atoms with E-state index in [4.69, 9.17) is 9.47 Å². The van der Waals surface area contributed by atoms with Crippen molar-refractivity contribution in [2.75, 3.05) is 6.61 Å². The normalized spacial score (nSPS) is 10.6. The van der Waals surface area contributed by atoms with Gasteiger partial charge in [0.2, 0.25) is 0 Å². The zero-order valence-corrected chi connectivity index (χ0v) is 15.5. The molecule has 0 bridgehead atoms. The maximum absolute atomic E-state index is 11.8.